The zero-order valence-corrected chi connectivity index (χ0v) is 17.6. The number of H-pyrrole nitrogens is 1. The van der Waals surface area contributed by atoms with Gasteiger partial charge in [0, 0.05) is 23.9 Å². The molecule has 1 unspecified atom stereocenters. The Balaban J connectivity index is 1.22. The summed E-state index contributed by atoms with van der Waals surface area (Å²) in [5.41, 5.74) is 19.8. The minimum Gasteiger partial charge on any atom is -0.384 e. The summed E-state index contributed by atoms with van der Waals surface area (Å²) in [6.45, 7) is 0.933. The Labute approximate surface area is 182 Å². The molecule has 8 heteroatoms. The van der Waals surface area contributed by atoms with E-state index < -0.39 is 0 Å². The number of hydrazine groups is 2. The summed E-state index contributed by atoms with van der Waals surface area (Å²) in [6, 6.07) is 15.5. The summed E-state index contributed by atoms with van der Waals surface area (Å²) in [7, 11) is 0. The highest BCUT2D eigenvalue weighted by atomic mass is 15.6. The number of fused-ring (bicyclic) bond motifs is 1. The number of aromatic amines is 1. The van der Waals surface area contributed by atoms with Crippen LogP contribution in [0.5, 0.6) is 0 Å². The first-order chi connectivity index (χ1) is 15.3. The van der Waals surface area contributed by atoms with Crippen molar-refractivity contribution >= 4 is 17.3 Å². The molecule has 0 spiro atoms. The molecule has 1 atom stereocenters. The first-order valence-electron chi connectivity index (χ1n) is 11.1. The lowest BCUT2D eigenvalue weighted by Crippen LogP contribution is -2.34. The van der Waals surface area contributed by atoms with Gasteiger partial charge in [-0.15, -0.1) is 5.53 Å². The zero-order chi connectivity index (χ0) is 21.0. The van der Waals surface area contributed by atoms with E-state index in [9.17, 15) is 0 Å². The molecular formula is C23H30N8. The molecule has 3 aromatic rings. The molecule has 8 nitrogen and oxygen atoms in total. The first kappa shape index (κ1) is 19.8. The average molecular weight is 419 g/mol. The monoisotopic (exact) mass is 418 g/mol. The van der Waals surface area contributed by atoms with Crippen LogP contribution in [0.4, 0.5) is 17.3 Å². The van der Waals surface area contributed by atoms with Crippen molar-refractivity contribution in [2.75, 3.05) is 23.1 Å². The summed E-state index contributed by atoms with van der Waals surface area (Å²) in [4.78, 5) is 4.36. The predicted molar refractivity (Wildman–Crippen MR) is 124 cm³/mol. The standard InChI is InChI=1S/C23H30N8/c24-21-14-19(22-23(27-21)30-31-29-22)18(20-11-13-26-28-20)10-12-25-17-8-6-16(7-9-17)15-4-2-1-3-5-15/h1-5,11,13-14,16-18,25,29,31H,6-10,12H2,(H,26,28)(H3,24,27,30). The minimum atomic E-state index is 0.143. The van der Waals surface area contributed by atoms with Crippen LogP contribution in [-0.2, 0) is 0 Å². The molecule has 2 aromatic heterocycles. The number of benzene rings is 1. The number of rotatable bonds is 7. The summed E-state index contributed by atoms with van der Waals surface area (Å²) in [5, 5.41) is 11.1. The fraction of sp³-hybridized carbons (Fsp3) is 0.391. The number of nitrogens with one attached hydrogen (secondary N) is 5. The van der Waals surface area contributed by atoms with Gasteiger partial charge in [0.2, 0.25) is 0 Å². The highest BCUT2D eigenvalue weighted by Gasteiger charge is 2.26. The van der Waals surface area contributed by atoms with Gasteiger partial charge < -0.3 is 16.5 Å². The fourth-order valence-electron chi connectivity index (χ4n) is 4.96. The van der Waals surface area contributed by atoms with Crippen LogP contribution in [0.25, 0.3) is 0 Å². The Morgan fingerprint density at radius 3 is 2.68 bits per heavy atom. The first-order valence-corrected chi connectivity index (χ1v) is 11.1. The van der Waals surface area contributed by atoms with Crippen LogP contribution >= 0.6 is 0 Å². The molecule has 1 aliphatic heterocycles. The van der Waals surface area contributed by atoms with Crippen LogP contribution in [0.2, 0.25) is 0 Å². The Morgan fingerprint density at radius 1 is 1.06 bits per heavy atom. The number of nitrogens with two attached hydrogens (primary N) is 1. The SMILES string of the molecule is Nc1cc(C(CCNC2CCC(c3ccccc3)CC2)c2ccn[nH]2)c2c(n1)NNN2. The molecule has 3 heterocycles. The van der Waals surface area contributed by atoms with Crippen LogP contribution in [0.3, 0.4) is 0 Å². The molecule has 31 heavy (non-hydrogen) atoms. The maximum absolute atomic E-state index is 6.08. The van der Waals surface area contributed by atoms with Gasteiger partial charge in [-0.05, 0) is 67.8 Å². The van der Waals surface area contributed by atoms with Gasteiger partial charge in [0.05, 0.1) is 5.69 Å². The van der Waals surface area contributed by atoms with E-state index in [1.54, 1.807) is 6.20 Å². The molecule has 5 rings (SSSR count). The number of hydrogen-bond acceptors (Lipinski definition) is 7. The van der Waals surface area contributed by atoms with E-state index in [1.165, 1.54) is 31.2 Å². The second-order valence-corrected chi connectivity index (χ2v) is 8.50. The second-order valence-electron chi connectivity index (χ2n) is 8.50. The lowest BCUT2D eigenvalue weighted by molar-refractivity contribution is 0.340. The molecule has 1 saturated carbocycles. The van der Waals surface area contributed by atoms with Crippen molar-refractivity contribution in [3.63, 3.8) is 0 Å². The Bertz CT molecular complexity index is 980. The minimum absolute atomic E-state index is 0.143. The van der Waals surface area contributed by atoms with Gasteiger partial charge in [-0.2, -0.15) is 5.10 Å². The molecule has 162 valence electrons. The molecule has 7 N–H and O–H groups in total. The average Bonchev–Trinajstić information content (AvgIpc) is 3.50. The summed E-state index contributed by atoms with van der Waals surface area (Å²) in [6.07, 6.45) is 7.69. The lowest BCUT2D eigenvalue weighted by atomic mass is 9.81. The molecule has 0 amide bonds. The van der Waals surface area contributed by atoms with E-state index in [4.69, 9.17) is 5.73 Å². The number of nitrogens with zero attached hydrogens (tertiary/aromatic N) is 2. The third kappa shape index (κ3) is 4.35. The van der Waals surface area contributed by atoms with Crippen molar-refractivity contribution in [2.45, 2.75) is 50.0 Å². The maximum atomic E-state index is 6.08. The molecule has 0 bridgehead atoms. The van der Waals surface area contributed by atoms with Gasteiger partial charge in [0.15, 0.2) is 5.82 Å². The normalized spacial score (nSPS) is 21.2. The number of nitrogen functional groups attached to an aromatic ring is 1. The lowest BCUT2D eigenvalue weighted by Gasteiger charge is -2.30. The van der Waals surface area contributed by atoms with Gasteiger partial charge in [0.25, 0.3) is 0 Å². The van der Waals surface area contributed by atoms with Gasteiger partial charge in [-0.1, -0.05) is 30.3 Å². The van der Waals surface area contributed by atoms with E-state index in [2.05, 4.69) is 67.2 Å². The fourth-order valence-corrected chi connectivity index (χ4v) is 4.96. The van der Waals surface area contributed by atoms with Gasteiger partial charge >= 0.3 is 0 Å². The summed E-state index contributed by atoms with van der Waals surface area (Å²) in [5.74, 6) is 2.07. The zero-order valence-electron chi connectivity index (χ0n) is 17.6. The van der Waals surface area contributed by atoms with E-state index in [0.717, 1.165) is 35.7 Å². The van der Waals surface area contributed by atoms with Gasteiger partial charge in [0.1, 0.15) is 5.82 Å². The molecule has 1 aromatic carbocycles. The molecule has 1 aliphatic carbocycles. The van der Waals surface area contributed by atoms with E-state index in [0.29, 0.717) is 17.8 Å². The number of aromatic nitrogens is 3. The van der Waals surface area contributed by atoms with Crippen LogP contribution < -0.4 is 27.4 Å². The molecule has 1 fully saturated rings. The smallest absolute Gasteiger partial charge is 0.169 e. The van der Waals surface area contributed by atoms with Crippen molar-refractivity contribution in [1.29, 1.82) is 0 Å². The highest BCUT2D eigenvalue weighted by Crippen LogP contribution is 2.38. The van der Waals surface area contributed by atoms with Crippen molar-refractivity contribution in [3.8, 4) is 0 Å². The van der Waals surface area contributed by atoms with Crippen LogP contribution in [0, 0.1) is 0 Å². The van der Waals surface area contributed by atoms with Crippen molar-refractivity contribution in [1.82, 2.24) is 26.0 Å². The van der Waals surface area contributed by atoms with Crippen LogP contribution in [0.1, 0.15) is 60.8 Å². The number of hydrogen-bond donors (Lipinski definition) is 6. The quantitative estimate of drug-likeness (QED) is 0.348. The Hall–Kier alpha value is -3.10. The third-order valence-corrected chi connectivity index (χ3v) is 6.58. The molecule has 0 radical (unpaired) electrons. The summed E-state index contributed by atoms with van der Waals surface area (Å²) < 4.78 is 0. The maximum Gasteiger partial charge on any atom is 0.169 e. The summed E-state index contributed by atoms with van der Waals surface area (Å²) >= 11 is 0. The highest BCUT2D eigenvalue weighted by molar-refractivity contribution is 5.75. The van der Waals surface area contributed by atoms with E-state index >= 15 is 0 Å². The Kier molecular flexibility index (Phi) is 5.73. The van der Waals surface area contributed by atoms with Crippen molar-refractivity contribution in [2.24, 2.45) is 0 Å². The topological polar surface area (TPSA) is 116 Å². The van der Waals surface area contributed by atoms with Crippen LogP contribution in [0.15, 0.2) is 48.7 Å². The van der Waals surface area contributed by atoms with Crippen LogP contribution in [-0.4, -0.2) is 27.8 Å². The third-order valence-electron chi connectivity index (χ3n) is 6.58. The largest absolute Gasteiger partial charge is 0.384 e. The molecule has 0 saturated heterocycles. The second kappa shape index (κ2) is 8.95. The van der Waals surface area contributed by atoms with E-state index in [1.807, 2.05) is 12.1 Å². The van der Waals surface area contributed by atoms with E-state index in [-0.39, 0.29) is 5.92 Å². The number of pyridine rings is 1. The predicted octanol–water partition coefficient (Wildman–Crippen LogP) is 3.48. The number of anilines is 3. The molecule has 2 aliphatic rings. The van der Waals surface area contributed by atoms with Crippen molar-refractivity contribution < 1.29 is 0 Å². The van der Waals surface area contributed by atoms with Gasteiger partial charge in [-0.25, -0.2) is 4.98 Å². The molecular weight excluding hydrogens is 388 g/mol. The van der Waals surface area contributed by atoms with Gasteiger partial charge in [-0.3, -0.25) is 10.5 Å². The Morgan fingerprint density at radius 2 is 1.90 bits per heavy atom. The van der Waals surface area contributed by atoms with Crippen molar-refractivity contribution in [3.05, 3.63) is 65.5 Å².